The summed E-state index contributed by atoms with van der Waals surface area (Å²) in [5.41, 5.74) is 35.8. The molecule has 3 unspecified atom stereocenters. The standard InChI is InChI=1S/C45H29N5.C44H33N5.C43H30N4/c1-4-13-31(14-5-1)43-46-44(32-15-6-2-7-16-32)48-45(47-43)33-20-23-35(24-21-33)50-40-26-22-30-12-10-11-19-36(30)41(40)38-25-27-39-37(42(38)50)28-29-49(39)34-17-8-3-9-18-34;1-4-13-31(14-5-1)43-45-46-44(32-15-6-2-7-16-32)49(43)35-23-21-34(22-24-35)48-40-26-20-30-12-10-11-19-36(30)41(40)38-25-27-39-37(42(38)48)28-29-47(39)33-17-8-3-9-18-33;1-3-12-31(13-4-1)45-28-27-35-38(45)26-24-36-41-34-16-8-7-11-29(34)21-25-40(41)46(42(35)36)33-22-19-30(20-23-33)43-44-37-17-9-10-18-39(37)47(43)32-14-5-2-6-15-32/h1-29H;1-29,43-46H;1-28,43-44H. The highest BCUT2D eigenvalue weighted by atomic mass is 15.6. The largest absolute Gasteiger partial charge is 0.359 e. The van der Waals surface area contributed by atoms with E-state index in [1.807, 2.05) is 60.7 Å². The van der Waals surface area contributed by atoms with Gasteiger partial charge in [-0.3, -0.25) is 0 Å². The van der Waals surface area contributed by atoms with Crippen LogP contribution in [0.1, 0.15) is 35.2 Å². The smallest absolute Gasteiger partial charge is 0.164 e. The van der Waals surface area contributed by atoms with Crippen molar-refractivity contribution < 1.29 is 0 Å². The molecule has 146 heavy (non-hydrogen) atoms. The molecule has 2 aliphatic rings. The SMILES string of the molecule is c1ccc(-c2nc(-c3ccccc3)nc(-c3ccc(-n4c5ccc6ccccc6c5c5ccc6c(ccn6-c6ccccc6)c54)cc3)n2)cc1.c1ccc(C2NNC(c3ccccc3)N2c2ccc(-n3c4ccc5ccccc5c4c4ccc5c(ccn5-c5ccccc5)c43)cc2)cc1.c1ccc(N2c3ccccc3NC2c2ccc(-n3c4ccc5ccccc5c4c4ccc5c(ccn5-c5ccccc5)c43)cc2)cc1. The molecule has 0 amide bonds. The molecule has 3 atom stereocenters. The van der Waals surface area contributed by atoms with Crippen molar-refractivity contribution in [3.8, 4) is 68.3 Å². The minimum absolute atomic E-state index is 0.0162. The van der Waals surface area contributed by atoms with Gasteiger partial charge < -0.3 is 42.5 Å². The summed E-state index contributed by atoms with van der Waals surface area (Å²) in [4.78, 5) is 19.6. The Morgan fingerprint density at radius 1 is 0.192 bits per heavy atom. The van der Waals surface area contributed by atoms with Crippen LogP contribution in [0.4, 0.5) is 22.7 Å². The molecule has 3 N–H and O–H groups in total. The Morgan fingerprint density at radius 3 is 0.870 bits per heavy atom. The zero-order chi connectivity index (χ0) is 96.2. The Balaban J connectivity index is 0.000000106. The van der Waals surface area contributed by atoms with Crippen molar-refractivity contribution in [1.29, 1.82) is 0 Å². The first kappa shape index (κ1) is 84.8. The van der Waals surface area contributed by atoms with Crippen LogP contribution >= 0.6 is 0 Å². The second-order valence-corrected chi connectivity index (χ2v) is 37.6. The lowest BCUT2D eigenvalue weighted by atomic mass is 10.0. The van der Waals surface area contributed by atoms with Crippen LogP contribution in [-0.2, 0) is 0 Å². The van der Waals surface area contributed by atoms with Crippen molar-refractivity contribution in [2.45, 2.75) is 18.5 Å². The number of benzene rings is 21. The number of rotatable bonds is 14. The third kappa shape index (κ3) is 14.4. The summed E-state index contributed by atoms with van der Waals surface area (Å²) >= 11 is 0. The first-order chi connectivity index (χ1) is 72.5. The van der Waals surface area contributed by atoms with Crippen molar-refractivity contribution >= 4 is 153 Å². The molecule has 14 heteroatoms. The van der Waals surface area contributed by atoms with E-state index >= 15 is 0 Å². The fourth-order valence-corrected chi connectivity index (χ4v) is 22.8. The maximum Gasteiger partial charge on any atom is 0.164 e. The highest BCUT2D eigenvalue weighted by Gasteiger charge is 2.37. The molecule has 0 radical (unpaired) electrons. The van der Waals surface area contributed by atoms with Crippen molar-refractivity contribution in [2.75, 3.05) is 15.1 Å². The predicted molar refractivity (Wildman–Crippen MR) is 604 cm³/mol. The molecular weight excluding hydrogens is 1780 g/mol. The lowest BCUT2D eigenvalue weighted by Crippen LogP contribution is -2.29. The van der Waals surface area contributed by atoms with Crippen LogP contribution in [0.5, 0.6) is 0 Å². The number of hydrogen-bond acceptors (Lipinski definition) is 8. The molecule has 0 bridgehead atoms. The van der Waals surface area contributed by atoms with Gasteiger partial charge in [-0.15, -0.1) is 0 Å². The zero-order valence-corrected chi connectivity index (χ0v) is 79.3. The minimum atomic E-state index is -0.0331. The van der Waals surface area contributed by atoms with E-state index < -0.39 is 0 Å². The van der Waals surface area contributed by atoms with Crippen molar-refractivity contribution in [1.82, 2.24) is 53.2 Å². The van der Waals surface area contributed by atoms with Crippen LogP contribution < -0.4 is 26.0 Å². The van der Waals surface area contributed by atoms with Crippen molar-refractivity contribution in [3.05, 3.63) is 539 Å². The summed E-state index contributed by atoms with van der Waals surface area (Å²) in [5.74, 6) is 1.94. The number of hydrogen-bond donors (Lipinski definition) is 3. The molecule has 0 aliphatic carbocycles. The van der Waals surface area contributed by atoms with Gasteiger partial charge in [0.05, 0.1) is 61.0 Å². The first-order valence-electron chi connectivity index (χ1n) is 49.8. The Labute approximate surface area is 841 Å². The molecule has 2 aliphatic heterocycles. The highest BCUT2D eigenvalue weighted by Crippen LogP contribution is 2.50. The monoisotopic (exact) mass is 1870 g/mol. The van der Waals surface area contributed by atoms with E-state index in [1.165, 1.54) is 159 Å². The topological polar surface area (TPSA) is 111 Å². The Kier molecular flexibility index (Phi) is 20.6. The van der Waals surface area contributed by atoms with Gasteiger partial charge in [0, 0.05) is 129 Å². The first-order valence-corrected chi connectivity index (χ1v) is 49.8. The van der Waals surface area contributed by atoms with Crippen LogP contribution in [0.25, 0.3) is 199 Å². The second kappa shape index (κ2) is 35.5. The molecule has 28 aromatic rings. The molecular formula is C132H92N14. The molecule has 7 aromatic heterocycles. The van der Waals surface area contributed by atoms with Gasteiger partial charge in [0.15, 0.2) is 17.5 Å². The summed E-state index contributed by atoms with van der Waals surface area (Å²) in [6.45, 7) is 0. The van der Waals surface area contributed by atoms with Crippen molar-refractivity contribution in [3.63, 3.8) is 0 Å². The van der Waals surface area contributed by atoms with E-state index in [0.717, 1.165) is 62.2 Å². The Morgan fingerprint density at radius 2 is 0.486 bits per heavy atom. The molecule has 30 rings (SSSR count). The number of hydrazine groups is 1. The van der Waals surface area contributed by atoms with Crippen LogP contribution in [0.3, 0.4) is 0 Å². The molecule has 1 saturated heterocycles. The van der Waals surface area contributed by atoms with Gasteiger partial charge in [0.25, 0.3) is 0 Å². The molecule has 0 spiro atoms. The third-order valence-corrected chi connectivity index (χ3v) is 29.4. The van der Waals surface area contributed by atoms with Gasteiger partial charge >= 0.3 is 0 Å². The molecule has 21 aromatic carbocycles. The van der Waals surface area contributed by atoms with Gasteiger partial charge in [0.2, 0.25) is 0 Å². The highest BCUT2D eigenvalue weighted by molar-refractivity contribution is 6.29. The van der Waals surface area contributed by atoms with E-state index in [2.05, 4.69) is 515 Å². The summed E-state index contributed by atoms with van der Waals surface area (Å²) < 4.78 is 14.2. The maximum atomic E-state index is 4.97. The summed E-state index contributed by atoms with van der Waals surface area (Å²) in [6, 6.07) is 179. The number of nitrogens with one attached hydrogen (secondary N) is 3. The normalized spacial score (nSPS) is 14.1. The number of nitrogens with zero attached hydrogens (tertiary/aromatic N) is 11. The predicted octanol–water partition coefficient (Wildman–Crippen LogP) is 32.4. The average molecular weight is 1870 g/mol. The molecule has 14 nitrogen and oxygen atoms in total. The Bertz CT molecular complexity index is 9730. The number of fused-ring (bicyclic) bond motifs is 22. The quantitative estimate of drug-likeness (QED) is 0.0988. The van der Waals surface area contributed by atoms with E-state index in [1.54, 1.807) is 0 Å². The van der Waals surface area contributed by atoms with E-state index in [9.17, 15) is 0 Å². The van der Waals surface area contributed by atoms with Gasteiger partial charge in [0.1, 0.15) is 18.5 Å². The van der Waals surface area contributed by atoms with Crippen molar-refractivity contribution in [2.24, 2.45) is 0 Å². The van der Waals surface area contributed by atoms with Gasteiger partial charge in [-0.2, -0.15) is 0 Å². The Hall–Kier alpha value is -19.3. The summed E-state index contributed by atoms with van der Waals surface area (Å²) in [7, 11) is 0. The minimum Gasteiger partial charge on any atom is -0.359 e. The van der Waals surface area contributed by atoms with E-state index in [4.69, 9.17) is 15.0 Å². The van der Waals surface area contributed by atoms with Crippen LogP contribution in [0.2, 0.25) is 0 Å². The average Bonchev–Trinajstić information content (AvgIpc) is 1.56. The molecule has 1 fully saturated rings. The lowest BCUT2D eigenvalue weighted by molar-refractivity contribution is 0.555. The summed E-state index contributed by atoms with van der Waals surface area (Å²) in [6.07, 6.45) is 6.49. The fraction of sp³-hybridized carbons (Fsp3) is 0.0227. The third-order valence-electron chi connectivity index (χ3n) is 29.4. The summed E-state index contributed by atoms with van der Waals surface area (Å²) in [5, 5.41) is 22.6. The van der Waals surface area contributed by atoms with Gasteiger partial charge in [-0.25, -0.2) is 25.8 Å². The van der Waals surface area contributed by atoms with Crippen LogP contribution in [0.15, 0.2) is 522 Å². The lowest BCUT2D eigenvalue weighted by Gasteiger charge is -2.31. The second-order valence-electron chi connectivity index (χ2n) is 37.6. The molecule has 690 valence electrons. The van der Waals surface area contributed by atoms with E-state index in [0.29, 0.717) is 17.5 Å². The number of para-hydroxylation sites is 6. The maximum absolute atomic E-state index is 4.97. The number of anilines is 4. The van der Waals surface area contributed by atoms with Gasteiger partial charge in [-0.05, 0) is 225 Å². The zero-order valence-electron chi connectivity index (χ0n) is 79.3. The number of aromatic nitrogens is 9. The van der Waals surface area contributed by atoms with Crippen LogP contribution in [-0.4, -0.2) is 42.4 Å². The van der Waals surface area contributed by atoms with Crippen LogP contribution in [0, 0.1) is 0 Å². The molecule has 0 saturated carbocycles. The van der Waals surface area contributed by atoms with Gasteiger partial charge in [-0.1, -0.05) is 328 Å². The fourth-order valence-electron chi connectivity index (χ4n) is 22.8. The molecule has 9 heterocycles. The van der Waals surface area contributed by atoms with E-state index in [-0.39, 0.29) is 18.5 Å².